The molecule has 0 unspecified atom stereocenters. The molecule has 10 heteroatoms. The van der Waals surface area contributed by atoms with Crippen LogP contribution >= 0.6 is 24.0 Å². The Morgan fingerprint density at radius 1 is 1.10 bits per heavy atom. The molecule has 2 aromatic carbocycles. The van der Waals surface area contributed by atoms with E-state index in [1.807, 2.05) is 24.3 Å². The standard InChI is InChI=1S/C19H21F2N3O4.HI/c1-22-19(23-9-12-3-5-14(25-2)6-4-12)24-10-13-7-16-17(27-11-26-16)8-15(13)28-18(20)21;/h3-8,18H,9-11H2,1-2H3,(H2,22,23,24);1H. The van der Waals surface area contributed by atoms with Gasteiger partial charge in [0.15, 0.2) is 17.5 Å². The Hall–Kier alpha value is -2.50. The molecule has 0 saturated heterocycles. The highest BCUT2D eigenvalue weighted by molar-refractivity contribution is 14.0. The van der Waals surface area contributed by atoms with Crippen molar-refractivity contribution in [3.05, 3.63) is 47.5 Å². The second-order valence-electron chi connectivity index (χ2n) is 5.82. The van der Waals surface area contributed by atoms with Gasteiger partial charge in [-0.15, -0.1) is 24.0 Å². The molecule has 7 nitrogen and oxygen atoms in total. The second-order valence-corrected chi connectivity index (χ2v) is 5.82. The van der Waals surface area contributed by atoms with Crippen LogP contribution in [0.2, 0.25) is 0 Å². The van der Waals surface area contributed by atoms with Crippen molar-refractivity contribution in [3.63, 3.8) is 0 Å². The number of methoxy groups -OCH3 is 1. The van der Waals surface area contributed by atoms with E-state index in [0.717, 1.165) is 11.3 Å². The monoisotopic (exact) mass is 521 g/mol. The summed E-state index contributed by atoms with van der Waals surface area (Å²) in [5.74, 6) is 2.18. The van der Waals surface area contributed by atoms with Crippen molar-refractivity contribution >= 4 is 29.9 Å². The molecule has 0 fully saturated rings. The number of ether oxygens (including phenoxy) is 4. The van der Waals surface area contributed by atoms with Crippen LogP contribution in [0.5, 0.6) is 23.0 Å². The van der Waals surface area contributed by atoms with Crippen molar-refractivity contribution in [2.75, 3.05) is 21.0 Å². The first-order valence-electron chi connectivity index (χ1n) is 8.54. The molecule has 1 aliphatic rings. The Morgan fingerprint density at radius 2 is 1.76 bits per heavy atom. The molecule has 0 spiro atoms. The van der Waals surface area contributed by atoms with Crippen LogP contribution < -0.4 is 29.6 Å². The van der Waals surface area contributed by atoms with Gasteiger partial charge in [0.1, 0.15) is 11.5 Å². The molecule has 2 aromatic rings. The molecule has 3 rings (SSSR count). The SMILES string of the molecule is CN=C(NCc1ccc(OC)cc1)NCc1cc2c(cc1OC(F)F)OCO2.I. The Labute approximate surface area is 184 Å². The predicted octanol–water partition coefficient (Wildman–Crippen LogP) is 3.51. The molecular formula is C19H22F2IN3O4. The van der Waals surface area contributed by atoms with Gasteiger partial charge in [-0.1, -0.05) is 12.1 Å². The van der Waals surface area contributed by atoms with E-state index in [1.165, 1.54) is 6.07 Å². The lowest BCUT2D eigenvalue weighted by Gasteiger charge is -2.15. The van der Waals surface area contributed by atoms with Gasteiger partial charge in [0.2, 0.25) is 6.79 Å². The van der Waals surface area contributed by atoms with Crippen LogP contribution in [-0.4, -0.2) is 33.5 Å². The van der Waals surface area contributed by atoms with Gasteiger partial charge in [0.05, 0.1) is 7.11 Å². The van der Waals surface area contributed by atoms with Gasteiger partial charge in [0.25, 0.3) is 0 Å². The number of fused-ring (bicyclic) bond motifs is 1. The van der Waals surface area contributed by atoms with Gasteiger partial charge in [-0.25, -0.2) is 0 Å². The van der Waals surface area contributed by atoms with E-state index < -0.39 is 6.61 Å². The van der Waals surface area contributed by atoms with Gasteiger partial charge in [-0.2, -0.15) is 8.78 Å². The number of hydrogen-bond donors (Lipinski definition) is 2. The van der Waals surface area contributed by atoms with Crippen LogP contribution in [0.3, 0.4) is 0 Å². The third-order valence-electron chi connectivity index (χ3n) is 4.06. The lowest BCUT2D eigenvalue weighted by molar-refractivity contribution is -0.0505. The van der Waals surface area contributed by atoms with Crippen molar-refractivity contribution in [2.24, 2.45) is 4.99 Å². The topological polar surface area (TPSA) is 73.3 Å². The summed E-state index contributed by atoms with van der Waals surface area (Å²) in [6.45, 7) is -2.15. The fourth-order valence-corrected chi connectivity index (χ4v) is 2.64. The largest absolute Gasteiger partial charge is 0.497 e. The lowest BCUT2D eigenvalue weighted by Crippen LogP contribution is -2.36. The maximum absolute atomic E-state index is 12.7. The number of rotatable bonds is 7. The fraction of sp³-hybridized carbons (Fsp3) is 0.316. The van der Waals surface area contributed by atoms with Gasteiger partial charge in [-0.05, 0) is 23.8 Å². The molecule has 29 heavy (non-hydrogen) atoms. The number of benzene rings is 2. The molecule has 0 radical (unpaired) electrons. The van der Waals surface area contributed by atoms with Gasteiger partial charge < -0.3 is 29.6 Å². The molecule has 0 amide bonds. The average Bonchev–Trinajstić information content (AvgIpc) is 3.15. The summed E-state index contributed by atoms with van der Waals surface area (Å²) >= 11 is 0. The van der Waals surface area contributed by atoms with Gasteiger partial charge in [0, 0.05) is 31.8 Å². The molecule has 2 N–H and O–H groups in total. The van der Waals surface area contributed by atoms with Crippen LogP contribution in [0.1, 0.15) is 11.1 Å². The van der Waals surface area contributed by atoms with Crippen molar-refractivity contribution < 1.29 is 27.7 Å². The number of hydrogen-bond acceptors (Lipinski definition) is 5. The third-order valence-corrected chi connectivity index (χ3v) is 4.06. The second kappa shape index (κ2) is 10.9. The van der Waals surface area contributed by atoms with Crippen molar-refractivity contribution in [3.8, 4) is 23.0 Å². The zero-order valence-corrected chi connectivity index (χ0v) is 18.2. The summed E-state index contributed by atoms with van der Waals surface area (Å²) in [7, 11) is 3.24. The number of guanidine groups is 1. The molecule has 0 aromatic heterocycles. The Balaban J connectivity index is 0.00000300. The quantitative estimate of drug-likeness (QED) is 0.330. The zero-order chi connectivity index (χ0) is 19.9. The maximum atomic E-state index is 12.7. The molecular weight excluding hydrogens is 499 g/mol. The first kappa shape index (κ1) is 22.8. The van der Waals surface area contributed by atoms with Crippen molar-refractivity contribution in [1.29, 1.82) is 0 Å². The molecule has 0 saturated carbocycles. The van der Waals surface area contributed by atoms with E-state index in [0.29, 0.717) is 29.6 Å². The Morgan fingerprint density at radius 3 is 2.38 bits per heavy atom. The fourth-order valence-electron chi connectivity index (χ4n) is 2.64. The van der Waals surface area contributed by atoms with Gasteiger partial charge >= 0.3 is 6.61 Å². The zero-order valence-electron chi connectivity index (χ0n) is 15.9. The number of halogens is 3. The first-order valence-corrected chi connectivity index (χ1v) is 8.54. The van der Waals surface area contributed by atoms with Crippen LogP contribution in [0.25, 0.3) is 0 Å². The molecule has 0 atom stereocenters. The van der Waals surface area contributed by atoms with E-state index in [2.05, 4.69) is 20.4 Å². The highest BCUT2D eigenvalue weighted by Gasteiger charge is 2.20. The number of alkyl halides is 2. The summed E-state index contributed by atoms with van der Waals surface area (Å²) in [5, 5.41) is 6.24. The van der Waals surface area contributed by atoms with Crippen LogP contribution in [-0.2, 0) is 13.1 Å². The predicted molar refractivity (Wildman–Crippen MR) is 115 cm³/mol. The van der Waals surface area contributed by atoms with E-state index in [9.17, 15) is 8.78 Å². The highest BCUT2D eigenvalue weighted by Crippen LogP contribution is 2.38. The highest BCUT2D eigenvalue weighted by atomic mass is 127. The molecule has 0 bridgehead atoms. The maximum Gasteiger partial charge on any atom is 0.387 e. The summed E-state index contributed by atoms with van der Waals surface area (Å²) in [6.07, 6.45) is 0. The Bertz CT molecular complexity index is 835. The Kier molecular flexibility index (Phi) is 8.55. The molecule has 0 aliphatic carbocycles. The van der Waals surface area contributed by atoms with E-state index in [1.54, 1.807) is 20.2 Å². The summed E-state index contributed by atoms with van der Waals surface area (Å²) < 4.78 is 45.7. The van der Waals surface area contributed by atoms with Crippen molar-refractivity contribution in [2.45, 2.75) is 19.7 Å². The van der Waals surface area contributed by atoms with Crippen LogP contribution in [0.15, 0.2) is 41.4 Å². The average molecular weight is 521 g/mol. The van der Waals surface area contributed by atoms with Crippen LogP contribution in [0, 0.1) is 0 Å². The summed E-state index contributed by atoms with van der Waals surface area (Å²) in [4.78, 5) is 4.14. The summed E-state index contributed by atoms with van der Waals surface area (Å²) in [5.41, 5.74) is 1.53. The van der Waals surface area contributed by atoms with Gasteiger partial charge in [-0.3, -0.25) is 4.99 Å². The summed E-state index contributed by atoms with van der Waals surface area (Å²) in [6, 6.07) is 10.6. The smallest absolute Gasteiger partial charge is 0.387 e. The number of nitrogens with one attached hydrogen (secondary N) is 2. The van der Waals surface area contributed by atoms with Crippen molar-refractivity contribution in [1.82, 2.24) is 10.6 Å². The minimum Gasteiger partial charge on any atom is -0.497 e. The number of nitrogens with zero attached hydrogens (tertiary/aromatic N) is 1. The minimum atomic E-state index is -2.94. The van der Waals surface area contributed by atoms with E-state index in [4.69, 9.17) is 14.2 Å². The normalized spacial score (nSPS) is 12.4. The molecule has 1 aliphatic heterocycles. The number of aliphatic imine (C=N–C) groups is 1. The van der Waals surface area contributed by atoms with E-state index in [-0.39, 0.29) is 43.1 Å². The van der Waals surface area contributed by atoms with E-state index >= 15 is 0 Å². The van der Waals surface area contributed by atoms with Crippen LogP contribution in [0.4, 0.5) is 8.78 Å². The minimum absolute atomic E-state index is 0. The lowest BCUT2D eigenvalue weighted by atomic mass is 10.1. The third kappa shape index (κ3) is 6.24. The first-order chi connectivity index (χ1) is 13.6. The molecule has 1 heterocycles. The molecule has 158 valence electrons.